The van der Waals surface area contributed by atoms with Crippen molar-refractivity contribution in [2.24, 2.45) is 0 Å². The lowest BCUT2D eigenvalue weighted by Gasteiger charge is -2.37. The standard InChI is InChI=1S/C29H30F6N6O3/c1-39(20-9-11-40(12-10-20)27-36-14-19(15-37-27)28(30,31)32)23(42)13-18-5-8-22-24(29(33,34)35)26(43)41(38-25(18)22)16-17-3-6-21(44-2)7-4-17/h3-4,6-7,14-15,18,20H,5,8-13,16H2,1-2H3. The molecule has 1 atom stereocenters. The summed E-state index contributed by atoms with van der Waals surface area (Å²) >= 11 is 0. The lowest BCUT2D eigenvalue weighted by molar-refractivity contribution is -0.140. The minimum atomic E-state index is -4.88. The maximum absolute atomic E-state index is 14.1. The normalized spacial score (nSPS) is 17.5. The average molecular weight is 625 g/mol. The van der Waals surface area contributed by atoms with Gasteiger partial charge in [-0.1, -0.05) is 12.1 Å². The van der Waals surface area contributed by atoms with E-state index in [9.17, 15) is 35.9 Å². The van der Waals surface area contributed by atoms with Crippen LogP contribution in [0.2, 0.25) is 0 Å². The summed E-state index contributed by atoms with van der Waals surface area (Å²) in [4.78, 5) is 37.3. The second kappa shape index (κ2) is 12.1. The van der Waals surface area contributed by atoms with Gasteiger partial charge in [0.05, 0.1) is 24.9 Å². The number of nitrogens with zero attached hydrogens (tertiary/aromatic N) is 6. The molecule has 5 rings (SSSR count). The summed E-state index contributed by atoms with van der Waals surface area (Å²) in [6, 6.07) is 6.36. The first-order valence-electron chi connectivity index (χ1n) is 14.0. The summed E-state index contributed by atoms with van der Waals surface area (Å²) in [6.45, 7) is 0.642. The monoisotopic (exact) mass is 624 g/mol. The lowest BCUT2D eigenvalue weighted by Crippen LogP contribution is -2.46. The van der Waals surface area contributed by atoms with Gasteiger partial charge < -0.3 is 14.5 Å². The van der Waals surface area contributed by atoms with Crippen LogP contribution >= 0.6 is 0 Å². The Kier molecular flexibility index (Phi) is 8.58. The number of hydrogen-bond acceptors (Lipinski definition) is 7. The van der Waals surface area contributed by atoms with Crippen LogP contribution < -0.4 is 15.2 Å². The van der Waals surface area contributed by atoms with Crippen molar-refractivity contribution in [3.63, 3.8) is 0 Å². The Bertz CT molecular complexity index is 1550. The molecule has 1 amide bonds. The summed E-state index contributed by atoms with van der Waals surface area (Å²) in [5.41, 5.74) is -2.88. The first-order chi connectivity index (χ1) is 20.8. The number of methoxy groups -OCH3 is 1. The molecule has 1 saturated heterocycles. The van der Waals surface area contributed by atoms with Gasteiger partial charge in [-0.3, -0.25) is 9.59 Å². The van der Waals surface area contributed by atoms with Crippen LogP contribution in [0, 0.1) is 0 Å². The number of carbonyl (C=O) groups is 1. The zero-order valence-electron chi connectivity index (χ0n) is 24.0. The van der Waals surface area contributed by atoms with Gasteiger partial charge in [0, 0.05) is 50.9 Å². The molecule has 0 radical (unpaired) electrons. The molecule has 0 saturated carbocycles. The van der Waals surface area contributed by atoms with Crippen LogP contribution in [0.25, 0.3) is 0 Å². The van der Waals surface area contributed by atoms with Crippen molar-refractivity contribution in [2.45, 2.75) is 63.0 Å². The molecule has 3 aromatic rings. The van der Waals surface area contributed by atoms with Crippen molar-refractivity contribution in [2.75, 3.05) is 32.1 Å². The predicted molar refractivity (Wildman–Crippen MR) is 146 cm³/mol. The van der Waals surface area contributed by atoms with Gasteiger partial charge in [-0.2, -0.15) is 31.4 Å². The van der Waals surface area contributed by atoms with E-state index < -0.39 is 35.0 Å². The van der Waals surface area contributed by atoms with Gasteiger partial charge >= 0.3 is 12.4 Å². The Morgan fingerprint density at radius 2 is 1.64 bits per heavy atom. The topological polar surface area (TPSA) is 93.5 Å². The number of anilines is 1. The Morgan fingerprint density at radius 3 is 2.20 bits per heavy atom. The molecule has 3 heterocycles. The molecule has 236 valence electrons. The quantitative estimate of drug-likeness (QED) is 0.353. The van der Waals surface area contributed by atoms with E-state index in [0.717, 1.165) is 17.1 Å². The van der Waals surface area contributed by atoms with Crippen molar-refractivity contribution < 1.29 is 35.9 Å². The van der Waals surface area contributed by atoms with Gasteiger partial charge in [-0.25, -0.2) is 14.6 Å². The van der Waals surface area contributed by atoms with Crippen LogP contribution in [-0.4, -0.2) is 63.8 Å². The highest BCUT2D eigenvalue weighted by molar-refractivity contribution is 5.77. The maximum atomic E-state index is 14.1. The number of amides is 1. The molecule has 15 heteroatoms. The molecule has 0 spiro atoms. The SMILES string of the molecule is COc1ccc(Cn2nc3c(c(C(F)(F)F)c2=O)CCC3CC(=O)N(C)C2CCN(c3ncc(C(F)(F)F)cn3)CC2)cc1. The molecule has 1 fully saturated rings. The Hall–Kier alpha value is -4.17. The highest BCUT2D eigenvalue weighted by atomic mass is 19.4. The van der Waals surface area contributed by atoms with Gasteiger partial charge in [0.25, 0.3) is 5.56 Å². The van der Waals surface area contributed by atoms with E-state index in [0.29, 0.717) is 37.2 Å². The summed E-state index contributed by atoms with van der Waals surface area (Å²) in [5.74, 6) is -0.139. The molecular formula is C29H30F6N6O3. The van der Waals surface area contributed by atoms with Crippen molar-refractivity contribution in [1.82, 2.24) is 24.6 Å². The first-order valence-corrected chi connectivity index (χ1v) is 14.0. The van der Waals surface area contributed by atoms with E-state index in [1.165, 1.54) is 7.11 Å². The molecule has 2 aliphatic rings. The summed E-state index contributed by atoms with van der Waals surface area (Å²) < 4.78 is 86.7. The van der Waals surface area contributed by atoms with Crippen LogP contribution in [0.5, 0.6) is 5.75 Å². The number of hydrogen-bond donors (Lipinski definition) is 0. The van der Waals surface area contributed by atoms with Crippen LogP contribution in [0.15, 0.2) is 41.5 Å². The number of fused-ring (bicyclic) bond motifs is 1. The minimum absolute atomic E-state index is 0.0109. The average Bonchev–Trinajstić information content (AvgIpc) is 3.37. The zero-order chi connectivity index (χ0) is 31.8. The summed E-state index contributed by atoms with van der Waals surface area (Å²) in [5, 5.41) is 4.35. The molecule has 9 nitrogen and oxygen atoms in total. The third kappa shape index (κ3) is 6.50. The third-order valence-corrected chi connectivity index (χ3v) is 8.27. The van der Waals surface area contributed by atoms with E-state index in [1.807, 2.05) is 0 Å². The van der Waals surface area contributed by atoms with E-state index in [1.54, 1.807) is 41.1 Å². The molecule has 1 aliphatic carbocycles. The molecule has 0 bridgehead atoms. The third-order valence-electron chi connectivity index (χ3n) is 8.27. The Labute approximate surface area is 248 Å². The number of aromatic nitrogens is 4. The number of benzene rings is 1. The maximum Gasteiger partial charge on any atom is 0.422 e. The van der Waals surface area contributed by atoms with Crippen molar-refractivity contribution >= 4 is 11.9 Å². The molecule has 1 aromatic carbocycles. The van der Waals surface area contributed by atoms with E-state index in [4.69, 9.17) is 4.74 Å². The van der Waals surface area contributed by atoms with E-state index >= 15 is 0 Å². The fraction of sp³-hybridized carbons (Fsp3) is 0.483. The number of carbonyl (C=O) groups excluding carboxylic acids is 1. The van der Waals surface area contributed by atoms with Crippen LogP contribution in [0.1, 0.15) is 59.5 Å². The Balaban J connectivity index is 1.28. The second-order valence-corrected chi connectivity index (χ2v) is 11.0. The fourth-order valence-corrected chi connectivity index (χ4v) is 5.80. The minimum Gasteiger partial charge on any atom is -0.497 e. The molecule has 44 heavy (non-hydrogen) atoms. The molecule has 1 unspecified atom stereocenters. The van der Waals surface area contributed by atoms with Gasteiger partial charge in [-0.05, 0) is 48.9 Å². The van der Waals surface area contributed by atoms with Crippen LogP contribution in [0.4, 0.5) is 32.3 Å². The number of alkyl halides is 6. The smallest absolute Gasteiger partial charge is 0.422 e. The number of halogens is 6. The van der Waals surface area contributed by atoms with E-state index in [2.05, 4.69) is 15.1 Å². The van der Waals surface area contributed by atoms with Gasteiger partial charge in [0.1, 0.15) is 11.3 Å². The van der Waals surface area contributed by atoms with Gasteiger partial charge in [0.2, 0.25) is 11.9 Å². The van der Waals surface area contributed by atoms with Gasteiger partial charge in [0.15, 0.2) is 0 Å². The van der Waals surface area contributed by atoms with Crippen LogP contribution in [-0.2, 0) is 30.1 Å². The largest absolute Gasteiger partial charge is 0.497 e. The van der Waals surface area contributed by atoms with Crippen molar-refractivity contribution in [1.29, 1.82) is 0 Å². The summed E-state index contributed by atoms with van der Waals surface area (Å²) in [7, 11) is 3.11. The lowest BCUT2D eigenvalue weighted by atomic mass is 9.99. The number of ether oxygens (including phenoxy) is 1. The summed E-state index contributed by atoms with van der Waals surface area (Å²) in [6.07, 6.45) is -6.77. The van der Waals surface area contributed by atoms with E-state index in [-0.39, 0.29) is 55.0 Å². The van der Waals surface area contributed by atoms with Gasteiger partial charge in [-0.15, -0.1) is 0 Å². The number of piperidine rings is 1. The highest BCUT2D eigenvalue weighted by Crippen LogP contribution is 2.40. The molecule has 2 aromatic heterocycles. The molecular weight excluding hydrogens is 594 g/mol. The fourth-order valence-electron chi connectivity index (χ4n) is 5.80. The van der Waals surface area contributed by atoms with Crippen molar-refractivity contribution in [3.8, 4) is 5.75 Å². The Morgan fingerprint density at radius 1 is 1.00 bits per heavy atom. The number of rotatable bonds is 7. The zero-order valence-corrected chi connectivity index (χ0v) is 24.0. The van der Waals surface area contributed by atoms with Crippen LogP contribution in [0.3, 0.4) is 0 Å². The first kappa shape index (κ1) is 31.3. The highest BCUT2D eigenvalue weighted by Gasteiger charge is 2.43. The molecule has 1 aliphatic heterocycles. The predicted octanol–water partition coefficient (Wildman–Crippen LogP) is 4.68. The van der Waals surface area contributed by atoms with Crippen molar-refractivity contribution in [3.05, 3.63) is 75.0 Å². The molecule has 0 N–H and O–H groups in total. The second-order valence-electron chi connectivity index (χ2n) is 11.0.